The normalized spacial score (nSPS) is 11.1. The summed E-state index contributed by atoms with van der Waals surface area (Å²) in [6.45, 7) is 0. The molecule has 14 heavy (non-hydrogen) atoms. The van der Waals surface area contributed by atoms with Gasteiger partial charge in [-0.05, 0) is 12.1 Å². The number of anilines is 1. The van der Waals surface area contributed by atoms with Crippen LogP contribution in [0, 0.1) is 0 Å². The largest absolute Gasteiger partial charge is 0.322 e. The third kappa shape index (κ3) is 3.05. The monoisotopic (exact) mass is 229 g/mol. The van der Waals surface area contributed by atoms with Crippen LogP contribution in [0.3, 0.4) is 0 Å². The van der Waals surface area contributed by atoms with Gasteiger partial charge in [0.1, 0.15) is 0 Å². The van der Waals surface area contributed by atoms with Gasteiger partial charge in [-0.1, -0.05) is 29.8 Å². The van der Waals surface area contributed by atoms with Crippen LogP contribution in [0.2, 0.25) is 0 Å². The highest BCUT2D eigenvalue weighted by Gasteiger charge is 2.07. The van der Waals surface area contributed by atoms with Gasteiger partial charge in [0, 0.05) is 16.8 Å². The molecular weight excluding hydrogens is 221 g/mol. The van der Waals surface area contributed by atoms with Crippen LogP contribution in [0.4, 0.5) is 5.69 Å². The fraction of sp³-hybridized carbons (Fsp3) is 0.100. The van der Waals surface area contributed by atoms with Crippen molar-refractivity contribution in [1.82, 2.24) is 0 Å². The molecule has 0 unspecified atom stereocenters. The van der Waals surface area contributed by atoms with Gasteiger partial charge in [0.2, 0.25) is 0 Å². The van der Waals surface area contributed by atoms with E-state index in [4.69, 9.17) is 23.2 Å². The average molecular weight is 230 g/mol. The Morgan fingerprint density at radius 2 is 2.00 bits per heavy atom. The lowest BCUT2D eigenvalue weighted by Gasteiger charge is -2.04. The Labute approximate surface area is 92.5 Å². The number of halogens is 2. The van der Waals surface area contributed by atoms with Crippen LogP contribution in [0.5, 0.6) is 0 Å². The second-order valence-electron chi connectivity index (χ2n) is 2.59. The second-order valence-corrected chi connectivity index (χ2v) is 3.07. The predicted octanol–water partition coefficient (Wildman–Crippen LogP) is 2.99. The molecule has 2 nitrogen and oxygen atoms in total. The highest BCUT2D eigenvalue weighted by atomic mass is 35.5. The molecule has 0 aromatic heterocycles. The molecular formula is C10H9Cl2NO. The van der Waals surface area contributed by atoms with Crippen LogP contribution >= 0.6 is 23.2 Å². The molecule has 4 heteroatoms. The summed E-state index contributed by atoms with van der Waals surface area (Å²) in [4.78, 5) is 11.4. The van der Waals surface area contributed by atoms with Crippen molar-refractivity contribution < 1.29 is 4.79 Å². The van der Waals surface area contributed by atoms with Gasteiger partial charge in [-0.15, -0.1) is 11.6 Å². The topological polar surface area (TPSA) is 29.1 Å². The van der Waals surface area contributed by atoms with Crippen molar-refractivity contribution in [1.29, 1.82) is 0 Å². The summed E-state index contributed by atoms with van der Waals surface area (Å²) < 4.78 is 0. The maximum atomic E-state index is 11.4. The van der Waals surface area contributed by atoms with Crippen LogP contribution in [-0.4, -0.2) is 11.8 Å². The highest BCUT2D eigenvalue weighted by Crippen LogP contribution is 2.08. The van der Waals surface area contributed by atoms with Crippen molar-refractivity contribution in [2.45, 2.75) is 0 Å². The van der Waals surface area contributed by atoms with E-state index in [2.05, 4.69) is 5.32 Å². The molecule has 0 saturated carbocycles. The van der Waals surface area contributed by atoms with E-state index in [-0.39, 0.29) is 11.8 Å². The number of nitrogens with one attached hydrogen (secondary N) is 1. The average Bonchev–Trinajstić information content (AvgIpc) is 2.21. The summed E-state index contributed by atoms with van der Waals surface area (Å²) in [6.07, 6.45) is 0. The lowest BCUT2D eigenvalue weighted by molar-refractivity contribution is -0.112. The van der Waals surface area contributed by atoms with Gasteiger partial charge in [-0.2, -0.15) is 0 Å². The van der Waals surface area contributed by atoms with E-state index in [0.29, 0.717) is 5.57 Å². The summed E-state index contributed by atoms with van der Waals surface area (Å²) in [5.74, 6) is -0.177. The second kappa shape index (κ2) is 5.68. The number of para-hydroxylation sites is 1. The van der Waals surface area contributed by atoms with Crippen molar-refractivity contribution in [3.63, 3.8) is 0 Å². The van der Waals surface area contributed by atoms with E-state index >= 15 is 0 Å². The zero-order valence-corrected chi connectivity index (χ0v) is 8.85. The molecule has 0 atom stereocenters. The first-order chi connectivity index (χ1) is 6.77. The van der Waals surface area contributed by atoms with Crippen molar-refractivity contribution in [3.05, 3.63) is 41.4 Å². The number of amides is 1. The fourth-order valence-electron chi connectivity index (χ4n) is 0.872. The van der Waals surface area contributed by atoms with Crippen LogP contribution in [0.1, 0.15) is 0 Å². The number of carbonyl (C=O) groups is 1. The van der Waals surface area contributed by atoms with Crippen LogP contribution in [0.25, 0.3) is 0 Å². The van der Waals surface area contributed by atoms with Crippen LogP contribution < -0.4 is 5.32 Å². The van der Waals surface area contributed by atoms with E-state index in [0.717, 1.165) is 5.69 Å². The molecule has 1 aromatic carbocycles. The Balaban J connectivity index is 2.66. The number of carbonyl (C=O) groups excluding carboxylic acids is 1. The lowest BCUT2D eigenvalue weighted by atomic mass is 10.3. The van der Waals surface area contributed by atoms with Gasteiger partial charge in [-0.3, -0.25) is 4.79 Å². The Bertz CT molecular complexity index is 335. The first-order valence-corrected chi connectivity index (χ1v) is 4.96. The van der Waals surface area contributed by atoms with Crippen molar-refractivity contribution in [2.24, 2.45) is 0 Å². The summed E-state index contributed by atoms with van der Waals surface area (Å²) in [6, 6.07) is 9.12. The number of rotatable bonds is 3. The van der Waals surface area contributed by atoms with E-state index in [1.165, 1.54) is 5.54 Å². The van der Waals surface area contributed by atoms with Crippen molar-refractivity contribution >= 4 is 34.8 Å². The summed E-state index contributed by atoms with van der Waals surface area (Å²) in [5, 5.41) is 2.67. The molecule has 0 aliphatic rings. The molecule has 0 heterocycles. The van der Waals surface area contributed by atoms with E-state index in [9.17, 15) is 4.79 Å². The van der Waals surface area contributed by atoms with Crippen LogP contribution in [-0.2, 0) is 4.79 Å². The summed E-state index contributed by atoms with van der Waals surface area (Å²) >= 11 is 10.9. The lowest BCUT2D eigenvalue weighted by Crippen LogP contribution is -2.14. The molecule has 0 radical (unpaired) electrons. The number of hydrogen-bond acceptors (Lipinski definition) is 1. The molecule has 1 aromatic rings. The quantitative estimate of drug-likeness (QED) is 0.627. The summed E-state index contributed by atoms with van der Waals surface area (Å²) in [5.41, 5.74) is 2.25. The number of hydrogen-bond donors (Lipinski definition) is 1. The molecule has 0 spiro atoms. The first kappa shape index (κ1) is 11.1. The Hall–Kier alpha value is -0.990. The zero-order chi connectivity index (χ0) is 10.4. The minimum atomic E-state index is -0.277. The molecule has 0 aliphatic carbocycles. The molecule has 74 valence electrons. The molecule has 1 amide bonds. The Morgan fingerprint density at radius 1 is 1.36 bits per heavy atom. The predicted molar refractivity (Wildman–Crippen MR) is 59.7 cm³/mol. The van der Waals surface area contributed by atoms with E-state index in [1.54, 1.807) is 12.1 Å². The van der Waals surface area contributed by atoms with Crippen LogP contribution in [0.15, 0.2) is 41.4 Å². The molecule has 0 aliphatic heterocycles. The van der Waals surface area contributed by atoms with E-state index < -0.39 is 0 Å². The molecule has 1 N–H and O–H groups in total. The standard InChI is InChI=1S/C10H9Cl2NO/c11-6-8(7-12)10(14)13-9-4-2-1-3-5-9/h1-6H,7H2,(H,13,14)/b8-6+. The Kier molecular flexibility index (Phi) is 4.50. The van der Waals surface area contributed by atoms with Crippen molar-refractivity contribution in [3.8, 4) is 0 Å². The van der Waals surface area contributed by atoms with Crippen molar-refractivity contribution in [2.75, 3.05) is 11.2 Å². The van der Waals surface area contributed by atoms with Gasteiger partial charge in [0.15, 0.2) is 0 Å². The molecule has 0 bridgehead atoms. The molecule has 0 fully saturated rings. The van der Waals surface area contributed by atoms with Gasteiger partial charge in [-0.25, -0.2) is 0 Å². The SMILES string of the molecule is O=C(Nc1ccccc1)/C(=C/Cl)CCl. The first-order valence-electron chi connectivity index (χ1n) is 3.99. The third-order valence-corrected chi connectivity index (χ3v) is 2.15. The molecule has 0 saturated heterocycles. The number of alkyl halides is 1. The highest BCUT2D eigenvalue weighted by molar-refractivity contribution is 6.31. The van der Waals surface area contributed by atoms with Gasteiger partial charge >= 0.3 is 0 Å². The molecule has 1 rings (SSSR count). The van der Waals surface area contributed by atoms with Gasteiger partial charge < -0.3 is 5.32 Å². The maximum absolute atomic E-state index is 11.4. The van der Waals surface area contributed by atoms with E-state index in [1.807, 2.05) is 18.2 Å². The van der Waals surface area contributed by atoms with Gasteiger partial charge in [0.05, 0.1) is 5.88 Å². The number of benzene rings is 1. The van der Waals surface area contributed by atoms with Gasteiger partial charge in [0.25, 0.3) is 5.91 Å². The Morgan fingerprint density at radius 3 is 2.50 bits per heavy atom. The zero-order valence-electron chi connectivity index (χ0n) is 7.34. The summed E-state index contributed by atoms with van der Waals surface area (Å²) in [7, 11) is 0. The maximum Gasteiger partial charge on any atom is 0.253 e. The fourth-order valence-corrected chi connectivity index (χ4v) is 1.33. The minimum absolute atomic E-state index is 0.0994. The minimum Gasteiger partial charge on any atom is -0.322 e. The smallest absolute Gasteiger partial charge is 0.253 e. The third-order valence-electron chi connectivity index (χ3n) is 1.60.